The number of alkyl halides is 3. The third kappa shape index (κ3) is 5.20. The fraction of sp³-hybridized carbons (Fsp3) is 0.222. The number of nitro groups is 1. The number of hydrogen-bond donors (Lipinski definition) is 0. The van der Waals surface area contributed by atoms with Crippen molar-refractivity contribution in [3.8, 4) is 11.8 Å². The number of amides is 1. The highest BCUT2D eigenvalue weighted by Crippen LogP contribution is 2.29. The number of nitrogens with zero attached hydrogens (tertiary/aromatic N) is 3. The van der Waals surface area contributed by atoms with Crippen LogP contribution in [-0.2, 0) is 6.54 Å². The third-order valence-electron chi connectivity index (χ3n) is 3.74. The van der Waals surface area contributed by atoms with Gasteiger partial charge in [0.1, 0.15) is 6.54 Å². The number of carbonyl (C=O) groups excluding carboxylic acids is 1. The lowest BCUT2D eigenvalue weighted by atomic mass is 10.1. The topological polar surface area (TPSA) is 96.5 Å². The molecular formula is C18H14F3N3O4. The van der Waals surface area contributed by atoms with Crippen LogP contribution >= 0.6 is 0 Å². The van der Waals surface area contributed by atoms with E-state index in [9.17, 15) is 28.1 Å². The molecule has 0 N–H and O–H groups in total. The van der Waals surface area contributed by atoms with Crippen LogP contribution in [-0.4, -0.2) is 35.6 Å². The average Bonchev–Trinajstić information content (AvgIpc) is 2.65. The zero-order valence-electron chi connectivity index (χ0n) is 14.6. The lowest BCUT2D eigenvalue weighted by Crippen LogP contribution is -2.38. The minimum absolute atomic E-state index is 0.115. The molecule has 0 aliphatic carbocycles. The molecule has 0 saturated heterocycles. The zero-order valence-corrected chi connectivity index (χ0v) is 14.6. The van der Waals surface area contributed by atoms with Crippen LogP contribution in [0.15, 0.2) is 42.5 Å². The molecule has 28 heavy (non-hydrogen) atoms. The Morgan fingerprint density at radius 2 is 1.89 bits per heavy atom. The van der Waals surface area contributed by atoms with E-state index in [0.29, 0.717) is 16.0 Å². The van der Waals surface area contributed by atoms with E-state index in [2.05, 4.69) is 0 Å². The van der Waals surface area contributed by atoms with Gasteiger partial charge in [-0.3, -0.25) is 14.9 Å². The molecule has 7 nitrogen and oxygen atoms in total. The summed E-state index contributed by atoms with van der Waals surface area (Å²) in [4.78, 5) is 23.5. The Hall–Kier alpha value is -3.61. The van der Waals surface area contributed by atoms with Crippen molar-refractivity contribution in [3.05, 3.63) is 69.3 Å². The molecular weight excluding hydrogens is 379 g/mol. The van der Waals surface area contributed by atoms with E-state index in [0.717, 1.165) is 18.2 Å². The van der Waals surface area contributed by atoms with Gasteiger partial charge in [-0.05, 0) is 29.8 Å². The van der Waals surface area contributed by atoms with E-state index >= 15 is 0 Å². The Morgan fingerprint density at radius 1 is 1.25 bits per heavy atom. The number of benzene rings is 2. The fourth-order valence-corrected chi connectivity index (χ4v) is 2.47. The average molecular weight is 393 g/mol. The van der Waals surface area contributed by atoms with E-state index in [-0.39, 0.29) is 17.9 Å². The fourth-order valence-electron chi connectivity index (χ4n) is 2.47. The highest BCUT2D eigenvalue weighted by Gasteiger charge is 2.34. The van der Waals surface area contributed by atoms with Gasteiger partial charge in [-0.25, -0.2) is 0 Å². The normalized spacial score (nSPS) is 10.8. The zero-order chi connectivity index (χ0) is 20.9. The number of hydrogen-bond acceptors (Lipinski definition) is 5. The second kappa shape index (κ2) is 8.39. The lowest BCUT2D eigenvalue weighted by Gasteiger charge is -2.24. The van der Waals surface area contributed by atoms with Crippen LogP contribution in [0.25, 0.3) is 0 Å². The molecule has 0 saturated carbocycles. The highest BCUT2D eigenvalue weighted by atomic mass is 19.4. The molecule has 0 spiro atoms. The molecule has 0 bridgehead atoms. The molecule has 0 fully saturated rings. The van der Waals surface area contributed by atoms with E-state index < -0.39 is 29.2 Å². The van der Waals surface area contributed by atoms with Crippen LogP contribution in [0, 0.1) is 21.4 Å². The molecule has 2 aromatic rings. The van der Waals surface area contributed by atoms with Gasteiger partial charge in [0.15, 0.2) is 5.75 Å². The molecule has 0 atom stereocenters. The van der Waals surface area contributed by atoms with E-state index in [4.69, 9.17) is 10.00 Å². The second-order valence-corrected chi connectivity index (χ2v) is 5.73. The Bertz CT molecular complexity index is 921. The maximum atomic E-state index is 13.0. The Morgan fingerprint density at radius 3 is 2.39 bits per heavy atom. The minimum atomic E-state index is -4.67. The van der Waals surface area contributed by atoms with Gasteiger partial charge >= 0.3 is 11.9 Å². The Kier molecular flexibility index (Phi) is 6.20. The van der Waals surface area contributed by atoms with E-state index in [1.165, 1.54) is 31.4 Å². The van der Waals surface area contributed by atoms with Gasteiger partial charge in [0.25, 0.3) is 5.91 Å². The van der Waals surface area contributed by atoms with E-state index in [1.807, 2.05) is 6.07 Å². The SMILES string of the molecule is COc1ccc(C(=O)N(Cc2ccc(C#N)cc2)CC(F)(F)F)cc1[N+](=O)[O-]. The molecule has 2 aromatic carbocycles. The number of carbonyl (C=O) groups is 1. The second-order valence-electron chi connectivity index (χ2n) is 5.73. The molecule has 0 radical (unpaired) electrons. The van der Waals surface area contributed by atoms with Crippen molar-refractivity contribution in [1.82, 2.24) is 4.90 Å². The molecule has 0 aliphatic heterocycles. The third-order valence-corrected chi connectivity index (χ3v) is 3.74. The number of ether oxygens (including phenoxy) is 1. The summed E-state index contributed by atoms with van der Waals surface area (Å²) in [5, 5.41) is 19.9. The predicted molar refractivity (Wildman–Crippen MR) is 91.6 cm³/mol. The monoisotopic (exact) mass is 393 g/mol. The molecule has 2 rings (SSSR count). The van der Waals surface area contributed by atoms with Gasteiger partial charge in [-0.2, -0.15) is 18.4 Å². The van der Waals surface area contributed by atoms with Gasteiger partial charge in [0, 0.05) is 18.2 Å². The van der Waals surface area contributed by atoms with Crippen molar-refractivity contribution in [2.24, 2.45) is 0 Å². The number of nitriles is 1. The Labute approximate surface area is 157 Å². The minimum Gasteiger partial charge on any atom is -0.490 e. The first-order chi connectivity index (χ1) is 13.1. The molecule has 1 amide bonds. The number of halogens is 3. The van der Waals surface area contributed by atoms with Crippen LogP contribution in [0.2, 0.25) is 0 Å². The van der Waals surface area contributed by atoms with Crippen molar-refractivity contribution in [2.45, 2.75) is 12.7 Å². The standard InChI is InChI=1S/C18H14F3N3O4/c1-28-16-7-6-14(8-15(16)24(26)27)17(25)23(11-18(19,20)21)10-13-4-2-12(9-22)3-5-13/h2-8H,10-11H2,1H3. The van der Waals surface area contributed by atoms with E-state index in [1.54, 1.807) is 0 Å². The number of rotatable bonds is 6. The Balaban J connectivity index is 2.37. The largest absolute Gasteiger partial charge is 0.490 e. The van der Waals surface area contributed by atoms with Crippen molar-refractivity contribution < 1.29 is 27.6 Å². The number of methoxy groups -OCH3 is 1. The first kappa shape index (κ1) is 20.7. The van der Waals surface area contributed by atoms with Crippen LogP contribution in [0.1, 0.15) is 21.5 Å². The van der Waals surface area contributed by atoms with Gasteiger partial charge in [0.2, 0.25) is 0 Å². The quantitative estimate of drug-likeness (QED) is 0.551. The van der Waals surface area contributed by atoms with Gasteiger partial charge in [-0.1, -0.05) is 12.1 Å². The number of nitro benzene ring substituents is 1. The van der Waals surface area contributed by atoms with Crippen molar-refractivity contribution >= 4 is 11.6 Å². The maximum Gasteiger partial charge on any atom is 0.406 e. The van der Waals surface area contributed by atoms with Crippen LogP contribution in [0.4, 0.5) is 18.9 Å². The molecule has 0 aromatic heterocycles. The maximum absolute atomic E-state index is 13.0. The van der Waals surface area contributed by atoms with Gasteiger partial charge in [-0.15, -0.1) is 0 Å². The van der Waals surface area contributed by atoms with Crippen molar-refractivity contribution in [1.29, 1.82) is 5.26 Å². The summed E-state index contributed by atoms with van der Waals surface area (Å²) in [5.74, 6) is -1.14. The summed E-state index contributed by atoms with van der Waals surface area (Å²) in [5.41, 5.74) is -0.105. The molecule has 0 heterocycles. The molecule has 0 aliphatic rings. The molecule has 0 unspecified atom stereocenters. The van der Waals surface area contributed by atoms with Crippen molar-refractivity contribution in [3.63, 3.8) is 0 Å². The highest BCUT2D eigenvalue weighted by molar-refractivity contribution is 5.95. The van der Waals surface area contributed by atoms with Crippen LogP contribution in [0.5, 0.6) is 5.75 Å². The first-order valence-corrected chi connectivity index (χ1v) is 7.82. The molecule has 10 heteroatoms. The van der Waals surface area contributed by atoms with Crippen LogP contribution in [0.3, 0.4) is 0 Å². The summed E-state index contributed by atoms with van der Waals surface area (Å²) in [6, 6.07) is 10.8. The first-order valence-electron chi connectivity index (χ1n) is 7.82. The van der Waals surface area contributed by atoms with Gasteiger partial charge in [0.05, 0.1) is 23.7 Å². The predicted octanol–water partition coefficient (Wildman–Crippen LogP) is 3.68. The van der Waals surface area contributed by atoms with Crippen LogP contribution < -0.4 is 4.74 Å². The summed E-state index contributed by atoms with van der Waals surface area (Å²) in [7, 11) is 1.20. The summed E-state index contributed by atoms with van der Waals surface area (Å²) >= 11 is 0. The smallest absolute Gasteiger partial charge is 0.406 e. The summed E-state index contributed by atoms with van der Waals surface area (Å²) in [6.45, 7) is -1.92. The van der Waals surface area contributed by atoms with Crippen molar-refractivity contribution in [2.75, 3.05) is 13.7 Å². The summed E-state index contributed by atoms with van der Waals surface area (Å²) < 4.78 is 43.7. The lowest BCUT2D eigenvalue weighted by molar-refractivity contribution is -0.385. The van der Waals surface area contributed by atoms with Gasteiger partial charge < -0.3 is 9.64 Å². The summed E-state index contributed by atoms with van der Waals surface area (Å²) in [6.07, 6.45) is -4.67. The molecule has 146 valence electrons.